The minimum Gasteiger partial charge on any atom is -0.313 e. The van der Waals surface area contributed by atoms with Crippen molar-refractivity contribution in [3.63, 3.8) is 0 Å². The molecular formula is C27H29N3O3PS+. The van der Waals surface area contributed by atoms with E-state index in [1.807, 2.05) is 12.1 Å². The topological polar surface area (TPSA) is 75.8 Å². The van der Waals surface area contributed by atoms with Crippen LogP contribution in [0.2, 0.25) is 0 Å². The van der Waals surface area contributed by atoms with Crippen LogP contribution >= 0.6 is 19.6 Å². The molecule has 180 valence electrons. The predicted molar refractivity (Wildman–Crippen MR) is 142 cm³/mol. The highest BCUT2D eigenvalue weighted by molar-refractivity contribution is 7.32. The zero-order valence-corrected chi connectivity index (χ0v) is 21.1. The second-order valence-corrected chi connectivity index (χ2v) is 9.56. The molecule has 0 fully saturated rings. The molecule has 1 atom stereocenters. The van der Waals surface area contributed by atoms with Gasteiger partial charge in [0.15, 0.2) is 4.80 Å². The SMILES string of the molecule is O=[P+](O)OCCCNCc1ccc(CCN=c2scc(-c3ccccc3)n2-c2ccccc2)cc1. The Morgan fingerprint density at radius 3 is 2.34 bits per heavy atom. The number of para-hydroxylation sites is 1. The van der Waals surface area contributed by atoms with Gasteiger partial charge in [-0.15, -0.1) is 20.8 Å². The Bertz CT molecular complexity index is 1270. The highest BCUT2D eigenvalue weighted by Gasteiger charge is 2.10. The highest BCUT2D eigenvalue weighted by atomic mass is 32.1. The largest absolute Gasteiger partial charge is 0.694 e. The molecule has 4 rings (SSSR count). The zero-order chi connectivity index (χ0) is 24.3. The van der Waals surface area contributed by atoms with E-state index in [-0.39, 0.29) is 6.61 Å². The second-order valence-electron chi connectivity index (χ2n) is 7.99. The number of nitrogens with zero attached hydrogens (tertiary/aromatic N) is 2. The van der Waals surface area contributed by atoms with Crippen LogP contribution in [0.5, 0.6) is 0 Å². The average molecular weight is 507 g/mol. The van der Waals surface area contributed by atoms with Gasteiger partial charge in [0.2, 0.25) is 0 Å². The van der Waals surface area contributed by atoms with E-state index < -0.39 is 8.25 Å². The summed E-state index contributed by atoms with van der Waals surface area (Å²) < 4.78 is 17.4. The summed E-state index contributed by atoms with van der Waals surface area (Å²) in [5.41, 5.74) is 5.89. The quantitative estimate of drug-likeness (QED) is 0.197. The Hall–Kier alpha value is -2.93. The Kier molecular flexibility index (Phi) is 9.52. The highest BCUT2D eigenvalue weighted by Crippen LogP contribution is 2.23. The number of benzene rings is 3. The molecule has 4 aromatic rings. The Labute approximate surface area is 210 Å². The molecule has 35 heavy (non-hydrogen) atoms. The smallest absolute Gasteiger partial charge is 0.313 e. The molecule has 6 nitrogen and oxygen atoms in total. The molecule has 0 radical (unpaired) electrons. The van der Waals surface area contributed by atoms with Gasteiger partial charge in [0.05, 0.1) is 5.69 Å². The first-order valence-electron chi connectivity index (χ1n) is 11.6. The molecule has 0 aliphatic rings. The molecule has 3 aromatic carbocycles. The molecule has 0 saturated heterocycles. The number of rotatable bonds is 12. The summed E-state index contributed by atoms with van der Waals surface area (Å²) in [6.07, 6.45) is 1.57. The molecule has 8 heteroatoms. The number of nitrogens with one attached hydrogen (secondary N) is 1. The van der Waals surface area contributed by atoms with Crippen molar-refractivity contribution in [2.24, 2.45) is 4.99 Å². The standard InChI is InChI=1S/C27H28N3O3PS/c31-34(32)33-19-7-17-28-20-23-14-12-22(13-15-23)16-18-29-27-30(25-10-5-2-6-11-25)26(21-35-27)24-8-3-1-4-9-24/h1-6,8-15,21,28H,7,16-20H2/p+1. The van der Waals surface area contributed by atoms with E-state index in [9.17, 15) is 4.57 Å². The third-order valence-corrected chi connectivity index (χ3v) is 6.76. The molecule has 1 unspecified atom stereocenters. The summed E-state index contributed by atoms with van der Waals surface area (Å²) in [4.78, 5) is 14.6. The van der Waals surface area contributed by atoms with Crippen LogP contribution < -0.4 is 10.1 Å². The molecular weight excluding hydrogens is 477 g/mol. The molecule has 0 amide bonds. The first-order chi connectivity index (χ1) is 17.2. The maximum Gasteiger partial charge on any atom is 0.694 e. The third-order valence-electron chi connectivity index (χ3n) is 5.49. The lowest BCUT2D eigenvalue weighted by Crippen LogP contribution is -2.16. The summed E-state index contributed by atoms with van der Waals surface area (Å²) in [5.74, 6) is 0. The number of thiazole rings is 1. The minimum atomic E-state index is -2.50. The van der Waals surface area contributed by atoms with Crippen LogP contribution in [-0.4, -0.2) is 29.2 Å². The van der Waals surface area contributed by atoms with Gasteiger partial charge >= 0.3 is 8.25 Å². The summed E-state index contributed by atoms with van der Waals surface area (Å²) in [5, 5.41) is 5.50. The lowest BCUT2D eigenvalue weighted by molar-refractivity contribution is 0.276. The predicted octanol–water partition coefficient (Wildman–Crippen LogP) is 5.50. The van der Waals surface area contributed by atoms with Crippen LogP contribution in [0, 0.1) is 0 Å². The van der Waals surface area contributed by atoms with Crippen LogP contribution in [-0.2, 0) is 22.1 Å². The lowest BCUT2D eigenvalue weighted by atomic mass is 10.1. The van der Waals surface area contributed by atoms with E-state index in [0.717, 1.165) is 35.7 Å². The average Bonchev–Trinajstić information content (AvgIpc) is 3.32. The molecule has 0 saturated carbocycles. The maximum atomic E-state index is 10.5. The van der Waals surface area contributed by atoms with Crippen molar-refractivity contribution < 1.29 is 14.0 Å². The number of hydrogen-bond acceptors (Lipinski definition) is 5. The molecule has 1 aromatic heterocycles. The van der Waals surface area contributed by atoms with Crippen molar-refractivity contribution in [3.8, 4) is 16.9 Å². The second kappa shape index (κ2) is 13.2. The van der Waals surface area contributed by atoms with Gasteiger partial charge in [0.1, 0.15) is 6.61 Å². The molecule has 0 aliphatic heterocycles. The van der Waals surface area contributed by atoms with Crippen molar-refractivity contribution in [1.82, 2.24) is 9.88 Å². The van der Waals surface area contributed by atoms with Crippen LogP contribution in [0.15, 0.2) is 95.3 Å². The van der Waals surface area contributed by atoms with Gasteiger partial charge in [0.25, 0.3) is 0 Å². The van der Waals surface area contributed by atoms with Gasteiger partial charge in [-0.2, -0.15) is 0 Å². The molecule has 2 N–H and O–H groups in total. The number of hydrogen-bond donors (Lipinski definition) is 2. The molecule has 0 spiro atoms. The summed E-state index contributed by atoms with van der Waals surface area (Å²) in [7, 11) is -2.50. The monoisotopic (exact) mass is 506 g/mol. The van der Waals surface area contributed by atoms with Crippen molar-refractivity contribution in [2.45, 2.75) is 19.4 Å². The van der Waals surface area contributed by atoms with Gasteiger partial charge in [0, 0.05) is 28.7 Å². The van der Waals surface area contributed by atoms with E-state index in [1.54, 1.807) is 11.3 Å². The third kappa shape index (κ3) is 7.52. The van der Waals surface area contributed by atoms with E-state index in [2.05, 4.69) is 92.6 Å². The summed E-state index contributed by atoms with van der Waals surface area (Å²) >= 11 is 1.67. The number of aromatic nitrogens is 1. The molecule has 0 aliphatic carbocycles. The zero-order valence-electron chi connectivity index (χ0n) is 19.4. The van der Waals surface area contributed by atoms with Crippen molar-refractivity contribution >= 4 is 19.6 Å². The van der Waals surface area contributed by atoms with E-state index >= 15 is 0 Å². The van der Waals surface area contributed by atoms with Crippen LogP contribution in [0.25, 0.3) is 16.9 Å². The minimum absolute atomic E-state index is 0.280. The summed E-state index contributed by atoms with van der Waals surface area (Å²) in [6.45, 7) is 2.48. The van der Waals surface area contributed by atoms with E-state index in [1.165, 1.54) is 16.7 Å². The molecule has 0 bridgehead atoms. The lowest BCUT2D eigenvalue weighted by Gasteiger charge is -2.09. The van der Waals surface area contributed by atoms with Gasteiger partial charge in [-0.05, 0) is 48.2 Å². The molecule has 1 heterocycles. The van der Waals surface area contributed by atoms with Gasteiger partial charge in [-0.3, -0.25) is 9.56 Å². The van der Waals surface area contributed by atoms with Gasteiger partial charge < -0.3 is 5.32 Å². The Morgan fingerprint density at radius 2 is 1.63 bits per heavy atom. The fourth-order valence-electron chi connectivity index (χ4n) is 3.73. The van der Waals surface area contributed by atoms with Crippen LogP contribution in [0.3, 0.4) is 0 Å². The Morgan fingerprint density at radius 1 is 0.943 bits per heavy atom. The van der Waals surface area contributed by atoms with Crippen molar-refractivity contribution in [3.05, 3.63) is 106 Å². The van der Waals surface area contributed by atoms with Crippen LogP contribution in [0.4, 0.5) is 0 Å². The normalized spacial score (nSPS) is 12.1. The first kappa shape index (κ1) is 25.2. The van der Waals surface area contributed by atoms with Crippen molar-refractivity contribution in [1.29, 1.82) is 0 Å². The van der Waals surface area contributed by atoms with Crippen molar-refractivity contribution in [2.75, 3.05) is 19.7 Å². The fraction of sp³-hybridized carbons (Fsp3) is 0.222. The maximum absolute atomic E-state index is 10.5. The van der Waals surface area contributed by atoms with E-state index in [4.69, 9.17) is 9.89 Å². The van der Waals surface area contributed by atoms with Gasteiger partial charge in [-0.25, -0.2) is 0 Å². The first-order valence-corrected chi connectivity index (χ1v) is 13.6. The fourth-order valence-corrected chi connectivity index (χ4v) is 4.95. The Balaban J connectivity index is 1.38. The van der Waals surface area contributed by atoms with Gasteiger partial charge in [-0.1, -0.05) is 72.8 Å². The van der Waals surface area contributed by atoms with E-state index in [0.29, 0.717) is 13.0 Å². The summed E-state index contributed by atoms with van der Waals surface area (Å²) in [6, 6.07) is 29.4. The van der Waals surface area contributed by atoms with Crippen LogP contribution in [0.1, 0.15) is 17.5 Å².